The van der Waals surface area contributed by atoms with Crippen molar-refractivity contribution < 1.29 is 23.8 Å². The molecule has 0 amide bonds. The first-order valence-electron chi connectivity index (χ1n) is 7.69. The van der Waals surface area contributed by atoms with Gasteiger partial charge in [0.1, 0.15) is 6.10 Å². The first-order chi connectivity index (χ1) is 10.7. The van der Waals surface area contributed by atoms with Gasteiger partial charge in [0.15, 0.2) is 23.0 Å². The van der Waals surface area contributed by atoms with E-state index in [0.717, 1.165) is 0 Å². The second-order valence-corrected chi connectivity index (χ2v) is 6.46. The normalized spacial score (nSPS) is 25.8. The Bertz CT molecular complexity index is 580. The average Bonchev–Trinajstić information content (AvgIpc) is 2.82. The zero-order valence-electron chi connectivity index (χ0n) is 14.3. The summed E-state index contributed by atoms with van der Waals surface area (Å²) in [7, 11) is 1.46. The molecule has 0 N–H and O–H groups in total. The van der Waals surface area contributed by atoms with Crippen molar-refractivity contribution in [2.45, 2.75) is 57.7 Å². The van der Waals surface area contributed by atoms with Crippen molar-refractivity contribution in [2.24, 2.45) is 0 Å². The minimum Gasteiger partial charge on any atom is -0.368 e. The third-order valence-electron chi connectivity index (χ3n) is 4.33. The smallest absolute Gasteiger partial charge is 0.165 e. The summed E-state index contributed by atoms with van der Waals surface area (Å²) in [4.78, 5) is 24.5. The predicted octanol–water partition coefficient (Wildman–Crippen LogP) is 2.77. The Hall–Kier alpha value is -1.56. The number of rotatable bonds is 6. The predicted molar refractivity (Wildman–Crippen MR) is 85.3 cm³/mol. The molecule has 0 bridgehead atoms. The molecule has 1 fully saturated rings. The van der Waals surface area contributed by atoms with Gasteiger partial charge in [0, 0.05) is 19.1 Å². The molecule has 126 valence electrons. The lowest BCUT2D eigenvalue weighted by molar-refractivity contribution is -0.178. The van der Waals surface area contributed by atoms with Crippen LogP contribution in [0, 0.1) is 0 Å². The van der Waals surface area contributed by atoms with Crippen LogP contribution in [0.25, 0.3) is 0 Å². The molecule has 1 aromatic rings. The molecule has 1 saturated heterocycles. The van der Waals surface area contributed by atoms with E-state index in [1.54, 1.807) is 32.9 Å². The summed E-state index contributed by atoms with van der Waals surface area (Å²) in [5.41, 5.74) is -0.545. The van der Waals surface area contributed by atoms with Gasteiger partial charge in [-0.2, -0.15) is 0 Å². The number of benzene rings is 1. The van der Waals surface area contributed by atoms with Gasteiger partial charge < -0.3 is 14.2 Å². The molecule has 0 radical (unpaired) electrons. The van der Waals surface area contributed by atoms with Gasteiger partial charge in [-0.3, -0.25) is 9.59 Å². The Balaban J connectivity index is 2.24. The van der Waals surface area contributed by atoms with E-state index in [4.69, 9.17) is 14.2 Å². The quantitative estimate of drug-likeness (QED) is 0.754. The number of hydrogen-bond donors (Lipinski definition) is 0. The zero-order valence-corrected chi connectivity index (χ0v) is 14.3. The molecule has 0 spiro atoms. The molecule has 1 heterocycles. The van der Waals surface area contributed by atoms with Crippen molar-refractivity contribution in [1.29, 1.82) is 0 Å². The van der Waals surface area contributed by atoms with Crippen LogP contribution < -0.4 is 0 Å². The first kappa shape index (κ1) is 17.8. The summed E-state index contributed by atoms with van der Waals surface area (Å²) in [5, 5.41) is 0. The molecule has 5 heteroatoms. The molecule has 0 unspecified atom stereocenters. The fourth-order valence-corrected chi connectivity index (χ4v) is 2.84. The molecule has 1 aliphatic heterocycles. The van der Waals surface area contributed by atoms with E-state index in [-0.39, 0.29) is 18.0 Å². The van der Waals surface area contributed by atoms with Crippen LogP contribution in [0.1, 0.15) is 44.5 Å². The number of ether oxygens (including phenoxy) is 3. The standard InChI is InChI=1S/C18H24O5/c1-12(19)18(4,21-5)16-15(22-17(2,3)23-16)11-14(20)13-9-7-6-8-10-13/h6-10,15-16H,11H2,1-5H3/t15-,16+,18+/m1/s1. The van der Waals surface area contributed by atoms with Gasteiger partial charge in [0.05, 0.1) is 6.10 Å². The topological polar surface area (TPSA) is 61.8 Å². The molecular weight excluding hydrogens is 296 g/mol. The summed E-state index contributed by atoms with van der Waals surface area (Å²) in [6, 6.07) is 9.01. The van der Waals surface area contributed by atoms with Gasteiger partial charge in [-0.05, 0) is 27.7 Å². The second-order valence-electron chi connectivity index (χ2n) is 6.46. The number of ketones is 2. The van der Waals surface area contributed by atoms with Crippen molar-refractivity contribution in [2.75, 3.05) is 7.11 Å². The van der Waals surface area contributed by atoms with Gasteiger partial charge in [-0.25, -0.2) is 0 Å². The molecular formula is C18H24O5. The van der Waals surface area contributed by atoms with Crippen LogP contribution in [0.3, 0.4) is 0 Å². The Morgan fingerprint density at radius 3 is 2.35 bits per heavy atom. The molecule has 2 rings (SSSR count). The number of Topliss-reactive ketones (excluding diaryl/α,β-unsaturated/α-hetero) is 2. The average molecular weight is 320 g/mol. The highest BCUT2D eigenvalue weighted by Gasteiger charge is 2.53. The number of carbonyl (C=O) groups excluding carboxylic acids is 2. The highest BCUT2D eigenvalue weighted by Crippen LogP contribution is 2.37. The summed E-state index contributed by atoms with van der Waals surface area (Å²) in [6.07, 6.45) is -1.07. The Morgan fingerprint density at radius 1 is 1.22 bits per heavy atom. The van der Waals surface area contributed by atoms with Crippen LogP contribution in [-0.4, -0.2) is 42.3 Å². The lowest BCUT2D eigenvalue weighted by Gasteiger charge is -2.33. The van der Waals surface area contributed by atoms with Crippen molar-refractivity contribution in [3.63, 3.8) is 0 Å². The van der Waals surface area contributed by atoms with Crippen molar-refractivity contribution in [3.8, 4) is 0 Å². The van der Waals surface area contributed by atoms with Crippen molar-refractivity contribution >= 4 is 11.6 Å². The minimum absolute atomic E-state index is 0.0519. The maximum atomic E-state index is 12.5. The molecule has 1 aliphatic rings. The molecule has 5 nitrogen and oxygen atoms in total. The van der Waals surface area contributed by atoms with E-state index >= 15 is 0 Å². The monoisotopic (exact) mass is 320 g/mol. The SMILES string of the molecule is CO[C@@](C)(C(C)=O)[C@H]1OC(C)(C)O[C@@H]1CC(=O)c1ccccc1. The molecule has 0 saturated carbocycles. The van der Waals surface area contributed by atoms with Crippen LogP contribution >= 0.6 is 0 Å². The van der Waals surface area contributed by atoms with Gasteiger partial charge in [-0.1, -0.05) is 30.3 Å². The molecule has 1 aromatic carbocycles. The third-order valence-corrected chi connectivity index (χ3v) is 4.33. The maximum absolute atomic E-state index is 12.5. The van der Waals surface area contributed by atoms with Gasteiger partial charge in [-0.15, -0.1) is 0 Å². The Labute approximate surface area is 136 Å². The molecule has 0 aromatic heterocycles. The number of carbonyl (C=O) groups is 2. The van der Waals surface area contributed by atoms with E-state index in [0.29, 0.717) is 5.56 Å². The van der Waals surface area contributed by atoms with E-state index in [1.807, 2.05) is 18.2 Å². The summed E-state index contributed by atoms with van der Waals surface area (Å²) < 4.78 is 17.2. The highest BCUT2D eigenvalue weighted by molar-refractivity contribution is 5.96. The van der Waals surface area contributed by atoms with Crippen LogP contribution in [0.5, 0.6) is 0 Å². The van der Waals surface area contributed by atoms with Crippen LogP contribution in [0.15, 0.2) is 30.3 Å². The summed E-state index contributed by atoms with van der Waals surface area (Å²) in [5.74, 6) is -1.09. The highest BCUT2D eigenvalue weighted by atomic mass is 16.8. The van der Waals surface area contributed by atoms with E-state index in [2.05, 4.69) is 0 Å². The van der Waals surface area contributed by atoms with Crippen molar-refractivity contribution in [1.82, 2.24) is 0 Å². The fraction of sp³-hybridized carbons (Fsp3) is 0.556. The number of hydrogen-bond acceptors (Lipinski definition) is 5. The van der Waals surface area contributed by atoms with Gasteiger partial charge >= 0.3 is 0 Å². The first-order valence-corrected chi connectivity index (χ1v) is 7.69. The fourth-order valence-electron chi connectivity index (χ4n) is 2.84. The van der Waals surface area contributed by atoms with E-state index < -0.39 is 23.6 Å². The summed E-state index contributed by atoms with van der Waals surface area (Å²) in [6.45, 7) is 6.66. The molecule has 23 heavy (non-hydrogen) atoms. The van der Waals surface area contributed by atoms with Crippen LogP contribution in [0.2, 0.25) is 0 Å². The van der Waals surface area contributed by atoms with Gasteiger partial charge in [0.25, 0.3) is 0 Å². The van der Waals surface area contributed by atoms with Gasteiger partial charge in [0.2, 0.25) is 0 Å². The summed E-state index contributed by atoms with van der Waals surface area (Å²) >= 11 is 0. The lowest BCUT2D eigenvalue weighted by Crippen LogP contribution is -2.52. The Morgan fingerprint density at radius 2 is 1.83 bits per heavy atom. The minimum atomic E-state index is -1.16. The zero-order chi connectivity index (χ0) is 17.3. The second kappa shape index (κ2) is 6.51. The van der Waals surface area contributed by atoms with Crippen molar-refractivity contribution in [3.05, 3.63) is 35.9 Å². The number of methoxy groups -OCH3 is 1. The van der Waals surface area contributed by atoms with E-state index in [9.17, 15) is 9.59 Å². The molecule has 0 aliphatic carbocycles. The van der Waals surface area contributed by atoms with Crippen LogP contribution in [-0.2, 0) is 19.0 Å². The molecule has 3 atom stereocenters. The lowest BCUT2D eigenvalue weighted by atomic mass is 9.88. The Kier molecular flexibility index (Phi) is 5.04. The van der Waals surface area contributed by atoms with E-state index in [1.165, 1.54) is 14.0 Å². The largest absolute Gasteiger partial charge is 0.368 e. The van der Waals surface area contributed by atoms with Crippen LogP contribution in [0.4, 0.5) is 0 Å². The third kappa shape index (κ3) is 3.68. The maximum Gasteiger partial charge on any atom is 0.165 e.